The molecule has 0 amide bonds. The first-order valence-electron chi connectivity index (χ1n) is 3.39. The number of hydrogen-bond acceptors (Lipinski definition) is 6. The molecule has 70 valence electrons. The minimum absolute atomic E-state index is 0.334. The summed E-state index contributed by atoms with van der Waals surface area (Å²) in [5.41, 5.74) is 5.31. The van der Waals surface area contributed by atoms with Gasteiger partial charge in [0.15, 0.2) is 0 Å². The Morgan fingerprint density at radius 3 is 2.50 bits per heavy atom. The second kappa shape index (κ2) is 5.84. The van der Waals surface area contributed by atoms with Gasteiger partial charge in [-0.25, -0.2) is 4.79 Å². The van der Waals surface area contributed by atoms with E-state index in [4.69, 9.17) is 5.73 Å². The zero-order valence-corrected chi connectivity index (χ0v) is 7.72. The fraction of sp³-hybridized carbons (Fsp3) is 0.667. The van der Waals surface area contributed by atoms with Gasteiger partial charge in [0.2, 0.25) is 0 Å². The third-order valence-electron chi connectivity index (χ3n) is 1.01. The van der Waals surface area contributed by atoms with Gasteiger partial charge in [0.25, 0.3) is 12.3 Å². The summed E-state index contributed by atoms with van der Waals surface area (Å²) in [4.78, 5) is 21.0. The van der Waals surface area contributed by atoms with E-state index >= 15 is 0 Å². The van der Waals surface area contributed by atoms with E-state index in [1.807, 2.05) is 0 Å². The van der Waals surface area contributed by atoms with E-state index in [1.54, 1.807) is 6.92 Å². The molecule has 0 heterocycles. The maximum atomic E-state index is 10.8. The van der Waals surface area contributed by atoms with Gasteiger partial charge in [0.1, 0.15) is 6.04 Å². The molecular formula is C6H11NO4S. The highest BCUT2D eigenvalue weighted by atomic mass is 32.2. The van der Waals surface area contributed by atoms with Crippen molar-refractivity contribution in [2.24, 2.45) is 5.73 Å². The van der Waals surface area contributed by atoms with E-state index < -0.39 is 18.0 Å². The van der Waals surface area contributed by atoms with Crippen LogP contribution in [0, 0.1) is 0 Å². The van der Waals surface area contributed by atoms with E-state index in [-0.39, 0.29) is 0 Å². The molecule has 0 aliphatic carbocycles. The number of carbonyl (C=O) groups is 2. The molecule has 0 saturated heterocycles. The summed E-state index contributed by atoms with van der Waals surface area (Å²) >= 11 is 0.334. The number of nitrogens with two attached hydrogens (primary N) is 1. The lowest BCUT2D eigenvalue weighted by molar-refractivity contribution is -0.136. The van der Waals surface area contributed by atoms with Gasteiger partial charge >= 0.3 is 11.9 Å². The van der Waals surface area contributed by atoms with Crippen molar-refractivity contribution in [1.29, 1.82) is 0 Å². The fourth-order valence-corrected chi connectivity index (χ4v) is 0.647. The summed E-state index contributed by atoms with van der Waals surface area (Å²) in [5.74, 6) is -1.12. The molecule has 1 unspecified atom stereocenters. The SMILES string of the molecule is CCC(N)C(=O)OSOC(C)=O. The topological polar surface area (TPSA) is 78.6 Å². The zero-order chi connectivity index (χ0) is 9.56. The Labute approximate surface area is 75.0 Å². The highest BCUT2D eigenvalue weighted by Crippen LogP contribution is 2.06. The Kier molecular flexibility index (Phi) is 5.48. The number of carbonyl (C=O) groups excluding carboxylic acids is 2. The predicted molar refractivity (Wildman–Crippen MR) is 43.7 cm³/mol. The van der Waals surface area contributed by atoms with Crippen molar-refractivity contribution in [1.82, 2.24) is 0 Å². The van der Waals surface area contributed by atoms with E-state index in [0.717, 1.165) is 0 Å². The molecule has 12 heavy (non-hydrogen) atoms. The van der Waals surface area contributed by atoms with Crippen molar-refractivity contribution in [3.8, 4) is 0 Å². The van der Waals surface area contributed by atoms with E-state index in [0.29, 0.717) is 18.7 Å². The first-order valence-corrected chi connectivity index (χ1v) is 4.05. The smallest absolute Gasteiger partial charge is 0.337 e. The van der Waals surface area contributed by atoms with Crippen LogP contribution in [-0.2, 0) is 18.0 Å². The quantitative estimate of drug-likeness (QED) is 0.651. The number of hydrogen-bond donors (Lipinski definition) is 1. The summed E-state index contributed by atoms with van der Waals surface area (Å²) < 4.78 is 8.70. The van der Waals surface area contributed by atoms with Crippen molar-refractivity contribution in [3.05, 3.63) is 0 Å². The highest BCUT2D eigenvalue weighted by Gasteiger charge is 2.13. The molecule has 0 saturated carbocycles. The molecule has 2 N–H and O–H groups in total. The van der Waals surface area contributed by atoms with Crippen LogP contribution < -0.4 is 5.73 Å². The normalized spacial score (nSPS) is 11.9. The third kappa shape index (κ3) is 4.97. The zero-order valence-electron chi connectivity index (χ0n) is 6.90. The number of rotatable bonds is 4. The van der Waals surface area contributed by atoms with Crippen LogP contribution in [-0.4, -0.2) is 18.0 Å². The Morgan fingerprint density at radius 2 is 2.08 bits per heavy atom. The Bertz CT molecular complexity index is 173. The van der Waals surface area contributed by atoms with Gasteiger partial charge in [-0.1, -0.05) is 6.92 Å². The second-order valence-electron chi connectivity index (χ2n) is 2.06. The molecule has 5 nitrogen and oxygen atoms in total. The van der Waals surface area contributed by atoms with E-state index in [2.05, 4.69) is 8.37 Å². The molecule has 6 heteroatoms. The van der Waals surface area contributed by atoms with Gasteiger partial charge in [-0.15, -0.1) is 0 Å². The first kappa shape index (κ1) is 11.2. The van der Waals surface area contributed by atoms with Crippen molar-refractivity contribution in [2.45, 2.75) is 26.3 Å². The maximum absolute atomic E-state index is 10.8. The van der Waals surface area contributed by atoms with E-state index in [9.17, 15) is 9.59 Å². The fourth-order valence-electron chi connectivity index (χ4n) is 0.327. The molecule has 0 fully saturated rings. The van der Waals surface area contributed by atoms with Gasteiger partial charge in [0, 0.05) is 6.92 Å². The van der Waals surface area contributed by atoms with Gasteiger partial charge in [0.05, 0.1) is 0 Å². The summed E-state index contributed by atoms with van der Waals surface area (Å²) in [6.45, 7) is 2.96. The summed E-state index contributed by atoms with van der Waals surface area (Å²) in [6.07, 6.45) is 0.486. The van der Waals surface area contributed by atoms with Crippen molar-refractivity contribution < 1.29 is 18.0 Å². The van der Waals surface area contributed by atoms with Gasteiger partial charge < -0.3 is 14.1 Å². The molecular weight excluding hydrogens is 182 g/mol. The monoisotopic (exact) mass is 193 g/mol. The molecule has 0 rings (SSSR count). The third-order valence-corrected chi connectivity index (χ3v) is 1.55. The van der Waals surface area contributed by atoms with E-state index in [1.165, 1.54) is 6.92 Å². The van der Waals surface area contributed by atoms with Gasteiger partial charge in [-0.2, -0.15) is 0 Å². The highest BCUT2D eigenvalue weighted by molar-refractivity contribution is 7.90. The van der Waals surface area contributed by atoms with Crippen LogP contribution in [0.3, 0.4) is 0 Å². The second-order valence-corrected chi connectivity index (χ2v) is 2.53. The van der Waals surface area contributed by atoms with Gasteiger partial charge in [-0.05, 0) is 6.42 Å². The van der Waals surface area contributed by atoms with Crippen LogP contribution in [0.15, 0.2) is 0 Å². The Morgan fingerprint density at radius 1 is 1.50 bits per heavy atom. The minimum atomic E-state index is -0.659. The first-order chi connectivity index (χ1) is 5.57. The average Bonchev–Trinajstić information content (AvgIpc) is 2.02. The molecule has 0 aliphatic heterocycles. The molecule has 1 atom stereocenters. The Hall–Kier alpha value is -0.750. The van der Waals surface area contributed by atoms with Crippen LogP contribution in [0.25, 0.3) is 0 Å². The molecule has 0 aromatic heterocycles. The standard InChI is InChI=1S/C6H11NO4S/c1-3-5(7)6(9)11-12-10-4(2)8/h5H,3,7H2,1-2H3. The molecule has 0 aliphatic rings. The maximum Gasteiger partial charge on any atom is 0.337 e. The van der Waals surface area contributed by atoms with Gasteiger partial charge in [-0.3, -0.25) is 4.79 Å². The predicted octanol–water partition coefficient (Wildman–Crippen LogP) is 0.393. The molecule has 0 bridgehead atoms. The van der Waals surface area contributed by atoms with Crippen LogP contribution in [0.1, 0.15) is 20.3 Å². The molecule has 0 radical (unpaired) electrons. The molecule has 0 aromatic rings. The lowest BCUT2D eigenvalue weighted by Crippen LogP contribution is -2.30. The van der Waals surface area contributed by atoms with Crippen LogP contribution in [0.2, 0.25) is 0 Å². The molecule has 0 spiro atoms. The summed E-state index contributed by atoms with van der Waals surface area (Å²) in [7, 11) is 0. The lowest BCUT2D eigenvalue weighted by atomic mass is 10.2. The lowest BCUT2D eigenvalue weighted by Gasteiger charge is -2.05. The summed E-state index contributed by atoms with van der Waals surface area (Å²) in [5, 5.41) is 0. The minimum Gasteiger partial charge on any atom is -0.355 e. The van der Waals surface area contributed by atoms with Crippen LogP contribution in [0.5, 0.6) is 0 Å². The van der Waals surface area contributed by atoms with Crippen LogP contribution in [0.4, 0.5) is 0 Å². The Balaban J connectivity index is 3.50. The van der Waals surface area contributed by atoms with Crippen LogP contribution >= 0.6 is 12.3 Å². The summed E-state index contributed by atoms with van der Waals surface area (Å²) in [6, 6.07) is -0.659. The molecule has 0 aromatic carbocycles. The average molecular weight is 193 g/mol. The van der Waals surface area contributed by atoms with Crippen molar-refractivity contribution >= 4 is 24.3 Å². The largest absolute Gasteiger partial charge is 0.355 e. The van der Waals surface area contributed by atoms with Crippen molar-refractivity contribution in [3.63, 3.8) is 0 Å². The van der Waals surface area contributed by atoms with Crippen molar-refractivity contribution in [2.75, 3.05) is 0 Å².